The summed E-state index contributed by atoms with van der Waals surface area (Å²) in [5.41, 5.74) is 2.90. The van der Waals surface area contributed by atoms with Gasteiger partial charge in [0.05, 0.1) is 18.4 Å². The topological polar surface area (TPSA) is 59.3 Å². The molecule has 6 heteroatoms. The minimum atomic E-state index is -0.449. The number of nitrogens with zero attached hydrogens (tertiary/aromatic N) is 2. The molecule has 120 valence electrons. The quantitative estimate of drug-likeness (QED) is 0.731. The summed E-state index contributed by atoms with van der Waals surface area (Å²) < 4.78 is 6.59. The molecule has 2 N–H and O–H groups in total. The van der Waals surface area contributed by atoms with Gasteiger partial charge in [-0.3, -0.25) is 4.68 Å². The van der Waals surface area contributed by atoms with E-state index in [0.717, 1.165) is 16.8 Å². The summed E-state index contributed by atoms with van der Waals surface area (Å²) in [6.45, 7) is 1.64. The largest absolute Gasteiger partial charge is 0.391 e. The van der Waals surface area contributed by atoms with Crippen LogP contribution in [0.1, 0.15) is 12.0 Å². The fraction of sp³-hybridized carbons (Fsp3) is 0.438. The minimum Gasteiger partial charge on any atom is -0.391 e. The molecule has 1 heterocycles. The van der Waals surface area contributed by atoms with Crippen LogP contribution in [0.25, 0.3) is 11.3 Å². The van der Waals surface area contributed by atoms with Crippen molar-refractivity contribution in [3.05, 3.63) is 41.0 Å². The second-order valence-electron chi connectivity index (χ2n) is 5.18. The highest BCUT2D eigenvalue weighted by atomic mass is 35.5. The van der Waals surface area contributed by atoms with Crippen LogP contribution in [-0.2, 0) is 18.3 Å². The van der Waals surface area contributed by atoms with Crippen molar-refractivity contribution in [2.45, 2.75) is 19.1 Å². The van der Waals surface area contributed by atoms with Crippen LogP contribution in [0.2, 0.25) is 5.15 Å². The molecule has 1 unspecified atom stereocenters. The normalized spacial score (nSPS) is 12.5. The first-order chi connectivity index (χ1) is 10.6. The lowest BCUT2D eigenvalue weighted by atomic mass is 10.1. The van der Waals surface area contributed by atoms with E-state index in [1.54, 1.807) is 11.8 Å². The number of aryl methyl sites for hydroxylation is 1. The molecule has 0 saturated heterocycles. The zero-order valence-electron chi connectivity index (χ0n) is 12.9. The number of benzene rings is 1. The van der Waals surface area contributed by atoms with Crippen LogP contribution in [0.15, 0.2) is 30.3 Å². The van der Waals surface area contributed by atoms with E-state index in [1.165, 1.54) is 0 Å². The molecule has 0 bridgehead atoms. The van der Waals surface area contributed by atoms with Gasteiger partial charge in [-0.05, 0) is 13.0 Å². The van der Waals surface area contributed by atoms with Crippen LogP contribution in [0.3, 0.4) is 0 Å². The Morgan fingerprint density at radius 1 is 1.36 bits per heavy atom. The first kappa shape index (κ1) is 17.0. The van der Waals surface area contributed by atoms with Crippen LogP contribution >= 0.6 is 11.6 Å². The Hall–Kier alpha value is -1.40. The molecule has 0 spiro atoms. The van der Waals surface area contributed by atoms with E-state index < -0.39 is 6.10 Å². The third-order valence-electron chi connectivity index (χ3n) is 3.43. The maximum Gasteiger partial charge on any atom is 0.131 e. The van der Waals surface area contributed by atoms with Crippen LogP contribution in [-0.4, -0.2) is 41.3 Å². The summed E-state index contributed by atoms with van der Waals surface area (Å²) in [4.78, 5) is 0. The average molecular weight is 324 g/mol. The van der Waals surface area contributed by atoms with E-state index in [2.05, 4.69) is 10.4 Å². The Morgan fingerprint density at radius 2 is 2.09 bits per heavy atom. The van der Waals surface area contributed by atoms with E-state index in [0.29, 0.717) is 31.3 Å². The second kappa shape index (κ2) is 8.29. The maximum atomic E-state index is 9.63. The molecule has 2 aromatic rings. The standard InChI is InChI=1S/C16H22ClN3O2/c1-20-16(17)14(10-18-9-8-13(21)11-22-2)15(19-20)12-6-4-3-5-7-12/h3-7,13,18,21H,8-11H2,1-2H3. The monoisotopic (exact) mass is 323 g/mol. The van der Waals surface area contributed by atoms with Gasteiger partial charge >= 0.3 is 0 Å². The van der Waals surface area contributed by atoms with Gasteiger partial charge in [0.2, 0.25) is 0 Å². The Bertz CT molecular complexity index is 587. The van der Waals surface area contributed by atoms with Gasteiger partial charge in [0, 0.05) is 31.8 Å². The van der Waals surface area contributed by atoms with Gasteiger partial charge in [0.15, 0.2) is 0 Å². The Kier molecular flexibility index (Phi) is 6.39. The van der Waals surface area contributed by atoms with E-state index in [1.807, 2.05) is 37.4 Å². The summed E-state index contributed by atoms with van der Waals surface area (Å²) in [6, 6.07) is 9.98. The van der Waals surface area contributed by atoms with Crippen molar-refractivity contribution in [3.63, 3.8) is 0 Å². The van der Waals surface area contributed by atoms with Gasteiger partial charge in [-0.2, -0.15) is 5.10 Å². The molecule has 5 nitrogen and oxygen atoms in total. The van der Waals surface area contributed by atoms with Crippen LogP contribution in [0, 0.1) is 0 Å². The van der Waals surface area contributed by atoms with Crippen LogP contribution in [0.4, 0.5) is 0 Å². The van der Waals surface area contributed by atoms with Gasteiger partial charge < -0.3 is 15.2 Å². The number of hydrogen-bond acceptors (Lipinski definition) is 4. The van der Waals surface area contributed by atoms with E-state index >= 15 is 0 Å². The van der Waals surface area contributed by atoms with Crippen molar-refractivity contribution in [1.82, 2.24) is 15.1 Å². The smallest absolute Gasteiger partial charge is 0.131 e. The zero-order valence-corrected chi connectivity index (χ0v) is 13.7. The number of aliphatic hydroxyl groups excluding tert-OH is 1. The van der Waals surface area contributed by atoms with E-state index in [9.17, 15) is 5.11 Å². The van der Waals surface area contributed by atoms with E-state index in [-0.39, 0.29) is 0 Å². The molecular formula is C16H22ClN3O2. The Balaban J connectivity index is 2.02. The molecule has 0 aliphatic heterocycles. The number of halogens is 1. The summed E-state index contributed by atoms with van der Waals surface area (Å²) in [5, 5.41) is 18.1. The number of rotatable bonds is 8. The van der Waals surface area contributed by atoms with Crippen LogP contribution < -0.4 is 5.32 Å². The first-order valence-electron chi connectivity index (χ1n) is 7.28. The second-order valence-corrected chi connectivity index (χ2v) is 5.54. The van der Waals surface area contributed by atoms with Crippen molar-refractivity contribution < 1.29 is 9.84 Å². The molecule has 2 rings (SSSR count). The molecule has 0 radical (unpaired) electrons. The number of methoxy groups -OCH3 is 1. The Labute approximate surface area is 135 Å². The Morgan fingerprint density at radius 3 is 2.77 bits per heavy atom. The van der Waals surface area contributed by atoms with Crippen molar-refractivity contribution in [2.24, 2.45) is 7.05 Å². The van der Waals surface area contributed by atoms with Crippen molar-refractivity contribution in [2.75, 3.05) is 20.3 Å². The number of ether oxygens (including phenoxy) is 1. The zero-order chi connectivity index (χ0) is 15.9. The SMILES string of the molecule is COCC(O)CCNCc1c(-c2ccccc2)nn(C)c1Cl. The number of hydrogen-bond donors (Lipinski definition) is 2. The molecular weight excluding hydrogens is 302 g/mol. The lowest BCUT2D eigenvalue weighted by Gasteiger charge is -2.10. The first-order valence-corrected chi connectivity index (χ1v) is 7.65. The molecule has 0 fully saturated rings. The van der Waals surface area contributed by atoms with Crippen molar-refractivity contribution in [3.8, 4) is 11.3 Å². The predicted octanol–water partition coefficient (Wildman–Crippen LogP) is 2.23. The lowest BCUT2D eigenvalue weighted by molar-refractivity contribution is 0.0594. The van der Waals surface area contributed by atoms with Crippen molar-refractivity contribution in [1.29, 1.82) is 0 Å². The average Bonchev–Trinajstić information content (AvgIpc) is 2.81. The lowest BCUT2D eigenvalue weighted by Crippen LogP contribution is -2.23. The molecule has 0 saturated carbocycles. The highest BCUT2D eigenvalue weighted by molar-refractivity contribution is 6.30. The fourth-order valence-corrected chi connectivity index (χ4v) is 2.48. The molecule has 0 amide bonds. The summed E-state index contributed by atoms with van der Waals surface area (Å²) in [7, 11) is 3.42. The summed E-state index contributed by atoms with van der Waals surface area (Å²) >= 11 is 6.35. The van der Waals surface area contributed by atoms with Gasteiger partial charge in [-0.1, -0.05) is 41.9 Å². The number of aromatic nitrogens is 2. The van der Waals surface area contributed by atoms with Gasteiger partial charge in [0.1, 0.15) is 5.15 Å². The third-order valence-corrected chi connectivity index (χ3v) is 3.90. The summed E-state index contributed by atoms with van der Waals surface area (Å²) in [6.07, 6.45) is 0.183. The fourth-order valence-electron chi connectivity index (χ4n) is 2.29. The van der Waals surface area contributed by atoms with Gasteiger partial charge in [-0.25, -0.2) is 0 Å². The van der Waals surface area contributed by atoms with Gasteiger partial charge in [0.25, 0.3) is 0 Å². The molecule has 1 aromatic heterocycles. The van der Waals surface area contributed by atoms with Crippen LogP contribution in [0.5, 0.6) is 0 Å². The van der Waals surface area contributed by atoms with Gasteiger partial charge in [-0.15, -0.1) is 0 Å². The molecule has 1 atom stereocenters. The van der Waals surface area contributed by atoms with Crippen molar-refractivity contribution >= 4 is 11.6 Å². The number of aliphatic hydroxyl groups is 1. The molecule has 0 aliphatic rings. The molecule has 22 heavy (non-hydrogen) atoms. The maximum absolute atomic E-state index is 9.63. The molecule has 1 aromatic carbocycles. The third kappa shape index (κ3) is 4.30. The highest BCUT2D eigenvalue weighted by Gasteiger charge is 2.15. The molecule has 0 aliphatic carbocycles. The highest BCUT2D eigenvalue weighted by Crippen LogP contribution is 2.27. The van der Waals surface area contributed by atoms with E-state index in [4.69, 9.17) is 16.3 Å². The summed E-state index contributed by atoms with van der Waals surface area (Å²) in [5.74, 6) is 0. The number of nitrogens with one attached hydrogen (secondary N) is 1. The predicted molar refractivity (Wildman–Crippen MR) is 87.9 cm³/mol. The minimum absolute atomic E-state index is 0.352.